The van der Waals surface area contributed by atoms with Crippen LogP contribution in [-0.4, -0.2) is 58.8 Å². The molecule has 0 aliphatic carbocycles. The molecule has 0 spiro atoms. The smallest absolute Gasteiger partial charge is 0.460 e. The van der Waals surface area contributed by atoms with Crippen LogP contribution in [0.2, 0.25) is 15.1 Å². The number of nitrogens with zero attached hydrogens (tertiary/aromatic N) is 1. The first-order valence-corrected chi connectivity index (χ1v) is 24.4. The number of anilines is 2. The van der Waals surface area contributed by atoms with E-state index < -0.39 is 40.8 Å². The van der Waals surface area contributed by atoms with E-state index in [4.69, 9.17) is 59.5 Å². The molecule has 0 radical (unpaired) electrons. The van der Waals surface area contributed by atoms with Gasteiger partial charge in [0.25, 0.3) is 0 Å². The molecule has 0 atom stereocenters. The number of nitrogen functional groups attached to an aromatic ring is 1. The standard InChI is InChI=1S/C13H17BrClNO2.C13H16BrClO2.C10H18O5.C7H7BrClN.CH3I/c1-8-6-9(7-10(15)11(8)14)16(5)12(17)18-13(2,3)4;1-8-5-9(6-10(15)12(8)14)7-11(16)17-13(2,3)4;1-9(2,3)14-7(11)13-8(12)15-10(4,5)6;1-4-2-5(10)3-6(9)7(4)8;1-2/h6-7H,1-5H3;5-6H,7H2,1-4H3;1-6H3;2-3H,10H2,1H3;1H3. The van der Waals surface area contributed by atoms with Crippen LogP contribution in [0.5, 0.6) is 0 Å². The van der Waals surface area contributed by atoms with E-state index in [-0.39, 0.29) is 12.4 Å². The number of rotatable bonds is 3. The van der Waals surface area contributed by atoms with E-state index in [0.29, 0.717) is 26.4 Å². The van der Waals surface area contributed by atoms with Crippen LogP contribution < -0.4 is 10.6 Å². The number of hydrogen-bond donors (Lipinski definition) is 1. The zero-order valence-corrected chi connectivity index (χ0v) is 47.7. The molecule has 3 rings (SSSR count). The topological polar surface area (TPSA) is 144 Å². The molecule has 0 bridgehead atoms. The van der Waals surface area contributed by atoms with Crippen LogP contribution >= 0.6 is 105 Å². The Hall–Kier alpha value is -2.02. The predicted octanol–water partition coefficient (Wildman–Crippen LogP) is 16.0. The van der Waals surface area contributed by atoms with Crippen molar-refractivity contribution >= 4 is 141 Å². The fraction of sp³-hybridized carbons (Fsp3) is 0.500. The first kappa shape index (κ1) is 62.1. The van der Waals surface area contributed by atoms with Crippen molar-refractivity contribution in [2.75, 3.05) is 22.6 Å². The number of alkyl halides is 1. The van der Waals surface area contributed by atoms with Crippen molar-refractivity contribution in [3.63, 3.8) is 0 Å². The van der Waals surface area contributed by atoms with Crippen molar-refractivity contribution in [2.45, 2.75) is 133 Å². The second kappa shape index (κ2) is 27.5. The first-order valence-electron chi connectivity index (χ1n) is 18.7. The number of halogens is 7. The fourth-order valence-corrected chi connectivity index (χ4v) is 5.66. The summed E-state index contributed by atoms with van der Waals surface area (Å²) in [4.78, 5) is 49.0. The van der Waals surface area contributed by atoms with Crippen LogP contribution in [0.4, 0.5) is 25.8 Å². The largest absolute Gasteiger partial charge is 0.519 e. The Morgan fingerprint density at radius 1 is 0.581 bits per heavy atom. The Kier molecular flexibility index (Phi) is 27.5. The normalized spacial score (nSPS) is 11.0. The van der Waals surface area contributed by atoms with Gasteiger partial charge < -0.3 is 29.4 Å². The molecule has 0 saturated carbocycles. The summed E-state index contributed by atoms with van der Waals surface area (Å²) in [6.45, 7) is 26.9. The summed E-state index contributed by atoms with van der Waals surface area (Å²) in [5, 5.41) is 1.85. The van der Waals surface area contributed by atoms with Gasteiger partial charge >= 0.3 is 24.4 Å². The Balaban J connectivity index is 0. The van der Waals surface area contributed by atoms with E-state index in [1.165, 1.54) is 4.90 Å². The molecule has 0 aromatic heterocycles. The van der Waals surface area contributed by atoms with Gasteiger partial charge in [0.05, 0.1) is 21.5 Å². The monoisotopic (exact) mass is 1230 g/mol. The molecule has 1 amide bonds. The van der Waals surface area contributed by atoms with Gasteiger partial charge in [0.1, 0.15) is 22.4 Å². The average molecular weight is 1230 g/mol. The summed E-state index contributed by atoms with van der Waals surface area (Å²) >= 11 is 30.1. The van der Waals surface area contributed by atoms with E-state index in [1.807, 2.05) is 85.4 Å². The number of nitrogens with two attached hydrogens (primary N) is 1. The Morgan fingerprint density at radius 3 is 1.29 bits per heavy atom. The molecule has 0 saturated heterocycles. The number of hydrogen-bond acceptors (Lipinski definition) is 10. The maximum Gasteiger partial charge on any atom is 0.519 e. The molecule has 350 valence electrons. The molecule has 0 unspecified atom stereocenters. The molecule has 11 nitrogen and oxygen atoms in total. The maximum absolute atomic E-state index is 11.9. The quantitative estimate of drug-likeness (QED) is 0.0672. The van der Waals surface area contributed by atoms with Crippen molar-refractivity contribution in [3.8, 4) is 0 Å². The van der Waals surface area contributed by atoms with Crippen LogP contribution in [0.1, 0.15) is 105 Å². The van der Waals surface area contributed by atoms with Crippen LogP contribution in [0.3, 0.4) is 0 Å². The number of carbonyl (C=O) groups excluding carboxylic acids is 4. The molecular formula is C44H61Br3Cl3IN2O9. The summed E-state index contributed by atoms with van der Waals surface area (Å²) in [6, 6.07) is 10.9. The number of esters is 1. The fourth-order valence-electron chi connectivity index (χ4n) is 4.14. The third kappa shape index (κ3) is 28.0. The molecular weight excluding hydrogens is 1170 g/mol. The number of amides is 1. The number of benzene rings is 3. The van der Waals surface area contributed by atoms with E-state index in [9.17, 15) is 19.2 Å². The molecule has 62 heavy (non-hydrogen) atoms. The van der Waals surface area contributed by atoms with Crippen LogP contribution in [0.15, 0.2) is 49.8 Å². The molecule has 2 N–H and O–H groups in total. The lowest BCUT2D eigenvalue weighted by Crippen LogP contribution is -2.34. The van der Waals surface area contributed by atoms with Gasteiger partial charge in [-0.25, -0.2) is 14.4 Å². The molecule has 0 aliphatic rings. The summed E-state index contributed by atoms with van der Waals surface area (Å²) < 4.78 is 27.0. The molecule has 0 heterocycles. The maximum atomic E-state index is 11.9. The lowest BCUT2D eigenvalue weighted by atomic mass is 10.1. The van der Waals surface area contributed by atoms with Crippen molar-refractivity contribution in [1.29, 1.82) is 0 Å². The van der Waals surface area contributed by atoms with Crippen LogP contribution in [-0.2, 0) is 34.9 Å². The minimum Gasteiger partial charge on any atom is -0.460 e. The minimum atomic E-state index is -1.06. The Labute approximate surface area is 422 Å². The zero-order chi connectivity index (χ0) is 49.3. The first-order chi connectivity index (χ1) is 27.9. The predicted molar refractivity (Wildman–Crippen MR) is 274 cm³/mol. The van der Waals surface area contributed by atoms with Crippen molar-refractivity contribution in [2.24, 2.45) is 0 Å². The third-order valence-corrected chi connectivity index (χ3v) is 11.2. The van der Waals surface area contributed by atoms with Gasteiger partial charge in [-0.15, -0.1) is 0 Å². The van der Waals surface area contributed by atoms with E-state index >= 15 is 0 Å². The number of carbonyl (C=O) groups is 4. The number of ether oxygens (including phenoxy) is 5. The van der Waals surface area contributed by atoms with Gasteiger partial charge in [-0.2, -0.15) is 0 Å². The van der Waals surface area contributed by atoms with Gasteiger partial charge in [-0.3, -0.25) is 9.69 Å². The Bertz CT molecular complexity index is 1880. The highest BCUT2D eigenvalue weighted by atomic mass is 127. The van der Waals surface area contributed by atoms with Gasteiger partial charge in [0, 0.05) is 31.8 Å². The van der Waals surface area contributed by atoms with E-state index in [2.05, 4.69) is 75.1 Å². The molecule has 3 aromatic carbocycles. The minimum absolute atomic E-state index is 0.240. The highest BCUT2D eigenvalue weighted by Crippen LogP contribution is 2.32. The van der Waals surface area contributed by atoms with Crippen LogP contribution in [0.25, 0.3) is 0 Å². The summed E-state index contributed by atoms with van der Waals surface area (Å²) in [5.74, 6) is -0.240. The van der Waals surface area contributed by atoms with Gasteiger partial charge in [-0.1, -0.05) is 63.5 Å². The summed E-state index contributed by atoms with van der Waals surface area (Å²) in [7, 11) is 1.66. The highest BCUT2D eigenvalue weighted by Gasteiger charge is 2.25. The van der Waals surface area contributed by atoms with Crippen molar-refractivity contribution in [1.82, 2.24) is 0 Å². The molecule has 0 aliphatic heterocycles. The van der Waals surface area contributed by atoms with E-state index in [0.717, 1.165) is 35.7 Å². The van der Waals surface area contributed by atoms with Crippen molar-refractivity contribution in [3.05, 3.63) is 87.1 Å². The SMILES string of the molecule is CC(C)(C)OC(=O)OC(=O)OC(C)(C)C.CI.Cc1cc(CC(=O)OC(C)(C)C)cc(Cl)c1Br.Cc1cc(N(C)C(=O)OC(C)(C)C)cc(Cl)c1Br.Cc1cc(N)cc(Cl)c1Br. The Morgan fingerprint density at radius 2 is 0.935 bits per heavy atom. The number of aryl methyl sites for hydroxylation is 3. The summed E-state index contributed by atoms with van der Waals surface area (Å²) in [6.07, 6.45) is -2.28. The highest BCUT2D eigenvalue weighted by molar-refractivity contribution is 14.1. The second-order valence-electron chi connectivity index (χ2n) is 17.2. The van der Waals surface area contributed by atoms with Gasteiger partial charge in [0.15, 0.2) is 0 Å². The molecule has 3 aromatic rings. The summed E-state index contributed by atoms with van der Waals surface area (Å²) in [5.41, 5.74) is 8.47. The lowest BCUT2D eigenvalue weighted by Gasteiger charge is -2.25. The molecule has 18 heteroatoms. The van der Waals surface area contributed by atoms with E-state index in [1.54, 1.807) is 66.8 Å². The lowest BCUT2D eigenvalue weighted by molar-refractivity contribution is -0.153. The van der Waals surface area contributed by atoms with Gasteiger partial charge in [-0.05, 0) is 209 Å². The zero-order valence-electron chi connectivity index (χ0n) is 38.5. The van der Waals surface area contributed by atoms with Crippen LogP contribution in [0, 0.1) is 20.8 Å². The molecule has 0 fully saturated rings. The average Bonchev–Trinajstić information content (AvgIpc) is 3.06. The third-order valence-electron chi connectivity index (χ3n) is 6.47. The second-order valence-corrected chi connectivity index (χ2v) is 20.8. The van der Waals surface area contributed by atoms with Gasteiger partial charge in [0.2, 0.25) is 0 Å². The van der Waals surface area contributed by atoms with Crippen molar-refractivity contribution < 1.29 is 42.9 Å².